The third-order valence-electron chi connectivity index (χ3n) is 4.65. The zero-order chi connectivity index (χ0) is 20.7. The van der Waals surface area contributed by atoms with Gasteiger partial charge >= 0.3 is 6.03 Å². The molecule has 1 aliphatic heterocycles. The van der Waals surface area contributed by atoms with E-state index in [2.05, 4.69) is 15.3 Å². The standard InChI is InChI=1S/C20H18N6O3/c1-12-8-10-13(11-9-12)21-22-16-17-23-26(18(16)25(3)20(29)24(17)2)19(28)14-6-4-5-7-15(14)27/h4-11,27H,1-3H3. The number of amides is 2. The largest absolute Gasteiger partial charge is 0.507 e. The molecule has 29 heavy (non-hydrogen) atoms. The van der Waals surface area contributed by atoms with Gasteiger partial charge in [-0.25, -0.2) is 4.79 Å². The van der Waals surface area contributed by atoms with E-state index in [0.717, 1.165) is 10.2 Å². The van der Waals surface area contributed by atoms with Crippen LogP contribution < -0.4 is 9.80 Å². The molecule has 9 heteroatoms. The quantitative estimate of drug-likeness (QED) is 0.683. The van der Waals surface area contributed by atoms with Crippen molar-refractivity contribution in [2.45, 2.75) is 6.92 Å². The van der Waals surface area contributed by atoms with Gasteiger partial charge in [0.05, 0.1) is 11.3 Å². The Labute approximate surface area is 166 Å². The summed E-state index contributed by atoms with van der Waals surface area (Å²) in [6, 6.07) is 13.3. The molecule has 0 saturated heterocycles. The summed E-state index contributed by atoms with van der Waals surface area (Å²) < 4.78 is 1.06. The van der Waals surface area contributed by atoms with E-state index in [0.29, 0.717) is 11.4 Å². The summed E-state index contributed by atoms with van der Waals surface area (Å²) in [7, 11) is 3.07. The highest BCUT2D eigenvalue weighted by Crippen LogP contribution is 2.43. The maximum absolute atomic E-state index is 13.0. The summed E-state index contributed by atoms with van der Waals surface area (Å²) >= 11 is 0. The van der Waals surface area contributed by atoms with E-state index in [-0.39, 0.29) is 29.0 Å². The van der Waals surface area contributed by atoms with Crippen LogP contribution in [0.2, 0.25) is 0 Å². The minimum atomic E-state index is -0.578. The topological polar surface area (TPSA) is 103 Å². The van der Waals surface area contributed by atoms with E-state index in [1.807, 2.05) is 31.2 Å². The molecule has 0 saturated carbocycles. The molecule has 3 aromatic rings. The van der Waals surface area contributed by atoms with Crippen molar-refractivity contribution in [3.8, 4) is 5.75 Å². The predicted molar refractivity (Wildman–Crippen MR) is 108 cm³/mol. The molecular weight excluding hydrogens is 372 g/mol. The molecule has 9 nitrogen and oxygen atoms in total. The smallest absolute Gasteiger partial charge is 0.330 e. The molecule has 0 aliphatic carbocycles. The van der Waals surface area contributed by atoms with E-state index in [9.17, 15) is 14.7 Å². The predicted octanol–water partition coefficient (Wildman–Crippen LogP) is 4.01. The monoisotopic (exact) mass is 390 g/mol. The zero-order valence-corrected chi connectivity index (χ0v) is 16.1. The number of fused-ring (bicyclic) bond motifs is 2. The van der Waals surface area contributed by atoms with E-state index in [1.165, 1.54) is 29.0 Å². The second kappa shape index (κ2) is 6.86. The van der Waals surface area contributed by atoms with Gasteiger partial charge in [-0.2, -0.15) is 9.80 Å². The molecule has 1 aliphatic rings. The van der Waals surface area contributed by atoms with E-state index >= 15 is 0 Å². The molecule has 4 rings (SSSR count). The van der Waals surface area contributed by atoms with Gasteiger partial charge in [-0.1, -0.05) is 29.8 Å². The Morgan fingerprint density at radius 2 is 1.69 bits per heavy atom. The third-order valence-corrected chi connectivity index (χ3v) is 4.65. The Morgan fingerprint density at radius 1 is 1.00 bits per heavy atom. The number of hydrogen-bond acceptors (Lipinski definition) is 6. The van der Waals surface area contributed by atoms with Gasteiger partial charge in [0.1, 0.15) is 5.75 Å². The number of rotatable bonds is 3. The molecule has 2 bridgehead atoms. The van der Waals surface area contributed by atoms with Crippen LogP contribution in [0.1, 0.15) is 15.9 Å². The molecule has 0 radical (unpaired) electrons. The SMILES string of the molecule is Cc1ccc(N=Nc2c3nn(C(=O)c4ccccc4O)c2N(C)C(=O)N3C)cc1. The molecule has 1 aromatic heterocycles. The lowest BCUT2D eigenvalue weighted by Crippen LogP contribution is -2.41. The van der Waals surface area contributed by atoms with Gasteiger partial charge in [-0.15, -0.1) is 10.2 Å². The molecule has 0 unspecified atom stereocenters. The highest BCUT2D eigenvalue weighted by molar-refractivity contribution is 6.13. The molecular formula is C20H18N6O3. The highest BCUT2D eigenvalue weighted by atomic mass is 16.3. The lowest BCUT2D eigenvalue weighted by molar-refractivity contribution is 0.0945. The Bertz CT molecular complexity index is 1150. The number of aromatic hydroxyl groups is 1. The lowest BCUT2D eigenvalue weighted by Gasteiger charge is -2.26. The average Bonchev–Trinajstić information content (AvgIpc) is 3.06. The van der Waals surface area contributed by atoms with Crippen LogP contribution in [-0.4, -0.2) is 40.9 Å². The van der Waals surface area contributed by atoms with Crippen LogP contribution in [0.15, 0.2) is 58.8 Å². The Hall–Kier alpha value is -4.01. The molecule has 2 aromatic carbocycles. The van der Waals surface area contributed by atoms with E-state index < -0.39 is 5.91 Å². The molecule has 0 spiro atoms. The number of azo groups is 1. The summed E-state index contributed by atoms with van der Waals surface area (Å²) in [6.07, 6.45) is 0. The number of phenolic OH excluding ortho intramolecular Hbond substituents is 1. The van der Waals surface area contributed by atoms with Crippen LogP contribution in [-0.2, 0) is 0 Å². The normalized spacial score (nSPS) is 13.4. The third kappa shape index (κ3) is 3.02. The van der Waals surface area contributed by atoms with Gasteiger partial charge in [0.15, 0.2) is 17.3 Å². The van der Waals surface area contributed by atoms with Crippen molar-refractivity contribution in [1.82, 2.24) is 9.78 Å². The second-order valence-electron chi connectivity index (χ2n) is 6.67. The number of carbonyl (C=O) groups is 2. The minimum absolute atomic E-state index is 0.0650. The van der Waals surface area contributed by atoms with Crippen LogP contribution in [0.5, 0.6) is 5.75 Å². The molecule has 146 valence electrons. The van der Waals surface area contributed by atoms with Crippen molar-refractivity contribution in [3.63, 3.8) is 0 Å². The fourth-order valence-electron chi connectivity index (χ4n) is 3.04. The first kappa shape index (κ1) is 18.4. The first-order valence-electron chi connectivity index (χ1n) is 8.84. The number of anilines is 2. The van der Waals surface area contributed by atoms with Gasteiger partial charge in [0.2, 0.25) is 0 Å². The number of nitrogens with zero attached hydrogens (tertiary/aromatic N) is 6. The summed E-state index contributed by atoms with van der Waals surface area (Å²) in [6.45, 7) is 1.97. The van der Waals surface area contributed by atoms with E-state index in [1.54, 1.807) is 19.2 Å². The second-order valence-corrected chi connectivity index (χ2v) is 6.67. The van der Waals surface area contributed by atoms with Gasteiger partial charge in [-0.05, 0) is 31.2 Å². The molecule has 2 heterocycles. The Balaban J connectivity index is 1.83. The molecule has 0 fully saturated rings. The number of hydrogen-bond donors (Lipinski definition) is 1. The summed E-state index contributed by atoms with van der Waals surface area (Å²) in [4.78, 5) is 28.1. The number of para-hydroxylation sites is 1. The number of urea groups is 1. The number of carbonyl (C=O) groups excluding carboxylic acids is 2. The molecule has 1 N–H and O–H groups in total. The number of phenols is 1. The summed E-state index contributed by atoms with van der Waals surface area (Å²) in [5.74, 6) is -0.356. The van der Waals surface area contributed by atoms with Crippen molar-refractivity contribution >= 4 is 34.9 Å². The lowest BCUT2D eigenvalue weighted by atomic mass is 10.2. The Morgan fingerprint density at radius 3 is 2.38 bits per heavy atom. The van der Waals surface area contributed by atoms with Gasteiger partial charge in [0.25, 0.3) is 5.91 Å². The van der Waals surface area contributed by atoms with Crippen LogP contribution in [0, 0.1) is 6.92 Å². The van der Waals surface area contributed by atoms with Gasteiger partial charge in [-0.3, -0.25) is 14.6 Å². The van der Waals surface area contributed by atoms with Crippen molar-refractivity contribution in [2.75, 3.05) is 23.9 Å². The first-order chi connectivity index (χ1) is 13.9. The highest BCUT2D eigenvalue weighted by Gasteiger charge is 2.38. The summed E-state index contributed by atoms with van der Waals surface area (Å²) in [5, 5.41) is 22.8. The van der Waals surface area contributed by atoms with Crippen molar-refractivity contribution in [3.05, 3.63) is 59.7 Å². The molecule has 2 amide bonds. The average molecular weight is 390 g/mol. The number of benzene rings is 2. The fraction of sp³-hybridized carbons (Fsp3) is 0.150. The minimum Gasteiger partial charge on any atom is -0.507 e. The fourth-order valence-corrected chi connectivity index (χ4v) is 3.04. The Kier molecular flexibility index (Phi) is 4.34. The van der Waals surface area contributed by atoms with Crippen molar-refractivity contribution in [2.24, 2.45) is 10.2 Å². The maximum atomic E-state index is 13.0. The van der Waals surface area contributed by atoms with Crippen LogP contribution in [0.25, 0.3) is 0 Å². The summed E-state index contributed by atoms with van der Waals surface area (Å²) in [5.41, 5.74) is 2.08. The van der Waals surface area contributed by atoms with Crippen LogP contribution in [0.3, 0.4) is 0 Å². The maximum Gasteiger partial charge on any atom is 0.330 e. The zero-order valence-electron chi connectivity index (χ0n) is 16.1. The van der Waals surface area contributed by atoms with Crippen LogP contribution in [0.4, 0.5) is 27.8 Å². The van der Waals surface area contributed by atoms with Gasteiger partial charge < -0.3 is 5.11 Å². The van der Waals surface area contributed by atoms with Crippen molar-refractivity contribution < 1.29 is 14.7 Å². The van der Waals surface area contributed by atoms with E-state index in [4.69, 9.17) is 0 Å². The molecule has 0 atom stereocenters. The van der Waals surface area contributed by atoms with Gasteiger partial charge in [0, 0.05) is 14.1 Å². The number of aromatic nitrogens is 2. The van der Waals surface area contributed by atoms with Crippen molar-refractivity contribution in [1.29, 1.82) is 0 Å². The number of aryl methyl sites for hydroxylation is 1. The first-order valence-corrected chi connectivity index (χ1v) is 8.84. The van der Waals surface area contributed by atoms with Crippen LogP contribution >= 0.6 is 0 Å².